The van der Waals surface area contributed by atoms with Crippen LogP contribution in [0.3, 0.4) is 0 Å². The quantitative estimate of drug-likeness (QED) is 0.200. The van der Waals surface area contributed by atoms with E-state index in [9.17, 15) is 0 Å². The number of fused-ring (bicyclic) bond motifs is 12. The van der Waals surface area contributed by atoms with E-state index in [0.717, 1.165) is 66.9 Å². The predicted octanol–water partition coefficient (Wildman–Crippen LogP) is 12.0. The Hall–Kier alpha value is -6.43. The van der Waals surface area contributed by atoms with Gasteiger partial charge in [0, 0.05) is 70.3 Å². The summed E-state index contributed by atoms with van der Waals surface area (Å²) in [7, 11) is 0. The fraction of sp³-hybridized carbons (Fsp3) is 0.0625. The Labute approximate surface area is 309 Å². The van der Waals surface area contributed by atoms with E-state index >= 15 is 0 Å². The standard InChI is InChI=1S/C48H30N2O2S/c1-2-12-27(13-3-1)44-32-17-6-9-19-38(32)49-48(50-44)34-23-22-31(45-42(34)37-24-28-14-4-5-15-29(28)25-40(37)52-45)36-26-35-30-16-7-10-20-39(30)51-46(35)43-33-18-8-11-21-41(33)53-47(36)43/h1-26,30,38-39H,(H,49,50). The van der Waals surface area contributed by atoms with Crippen molar-refractivity contribution in [3.8, 4) is 16.9 Å². The van der Waals surface area contributed by atoms with Gasteiger partial charge < -0.3 is 14.5 Å². The van der Waals surface area contributed by atoms with Crippen LogP contribution in [0.2, 0.25) is 0 Å². The third-order valence-electron chi connectivity index (χ3n) is 11.2. The zero-order chi connectivity index (χ0) is 34.6. The van der Waals surface area contributed by atoms with Crippen molar-refractivity contribution < 1.29 is 9.15 Å². The molecular weight excluding hydrogens is 669 g/mol. The van der Waals surface area contributed by atoms with Crippen LogP contribution in [-0.2, 0) is 0 Å². The van der Waals surface area contributed by atoms with E-state index in [1.807, 2.05) is 11.3 Å². The van der Waals surface area contributed by atoms with Gasteiger partial charge in [0.1, 0.15) is 28.9 Å². The van der Waals surface area contributed by atoms with E-state index in [2.05, 4.69) is 163 Å². The molecule has 6 aromatic carbocycles. The van der Waals surface area contributed by atoms with Crippen LogP contribution in [0.4, 0.5) is 0 Å². The Balaban J connectivity index is 1.17. The van der Waals surface area contributed by atoms with Gasteiger partial charge in [0.05, 0.1) is 11.7 Å². The monoisotopic (exact) mass is 698 g/mol. The van der Waals surface area contributed by atoms with Crippen LogP contribution in [-0.4, -0.2) is 18.0 Å². The number of allylic oxidation sites excluding steroid dienone is 4. The van der Waals surface area contributed by atoms with E-state index < -0.39 is 0 Å². The van der Waals surface area contributed by atoms with Crippen molar-refractivity contribution in [3.63, 3.8) is 0 Å². The van der Waals surface area contributed by atoms with Gasteiger partial charge in [-0.3, -0.25) is 0 Å². The first kappa shape index (κ1) is 29.2. The molecule has 12 rings (SSSR count). The number of amidine groups is 1. The molecule has 0 saturated heterocycles. The van der Waals surface area contributed by atoms with Gasteiger partial charge in [-0.25, -0.2) is 4.99 Å². The number of hydrogen-bond donors (Lipinski definition) is 1. The highest BCUT2D eigenvalue weighted by Crippen LogP contribution is 2.54. The zero-order valence-electron chi connectivity index (χ0n) is 28.4. The maximum atomic E-state index is 7.07. The van der Waals surface area contributed by atoms with Crippen LogP contribution in [0.5, 0.6) is 5.75 Å². The summed E-state index contributed by atoms with van der Waals surface area (Å²) < 4.78 is 16.3. The Kier molecular flexibility index (Phi) is 6.08. The molecule has 4 aliphatic rings. The topological polar surface area (TPSA) is 46.8 Å². The van der Waals surface area contributed by atoms with Crippen molar-refractivity contribution >= 4 is 75.8 Å². The molecule has 4 nitrogen and oxygen atoms in total. The number of benzene rings is 6. The molecule has 0 bridgehead atoms. The van der Waals surface area contributed by atoms with Crippen LogP contribution in [0.1, 0.15) is 22.6 Å². The van der Waals surface area contributed by atoms with Gasteiger partial charge in [-0.1, -0.05) is 115 Å². The molecule has 53 heavy (non-hydrogen) atoms. The van der Waals surface area contributed by atoms with Gasteiger partial charge in [-0.05, 0) is 53.2 Å². The first-order valence-electron chi connectivity index (χ1n) is 18.1. The molecule has 5 heteroatoms. The average Bonchev–Trinajstić information content (AvgIpc) is 3.91. The summed E-state index contributed by atoms with van der Waals surface area (Å²) in [5.74, 6) is 1.99. The number of ether oxygens (including phenoxy) is 1. The number of thiophene rings is 1. The highest BCUT2D eigenvalue weighted by atomic mass is 32.1. The Morgan fingerprint density at radius 2 is 1.45 bits per heavy atom. The van der Waals surface area contributed by atoms with Crippen molar-refractivity contribution in [2.75, 3.05) is 0 Å². The fourth-order valence-corrected chi connectivity index (χ4v) is 10.0. The summed E-state index contributed by atoms with van der Waals surface area (Å²) in [4.78, 5) is 5.41. The second kappa shape index (κ2) is 11.0. The minimum atomic E-state index is -0.0102. The van der Waals surface area contributed by atoms with Crippen molar-refractivity contribution in [2.24, 2.45) is 4.99 Å². The highest BCUT2D eigenvalue weighted by Gasteiger charge is 2.36. The molecule has 250 valence electrons. The van der Waals surface area contributed by atoms with Gasteiger partial charge in [0.15, 0.2) is 0 Å². The number of nitrogens with zero attached hydrogens (tertiary/aromatic N) is 1. The molecular formula is C48H30N2O2S. The van der Waals surface area contributed by atoms with Crippen molar-refractivity contribution in [2.45, 2.75) is 18.1 Å². The Morgan fingerprint density at radius 3 is 2.38 bits per heavy atom. The smallest absolute Gasteiger partial charge is 0.144 e. The molecule has 0 fully saturated rings. The maximum Gasteiger partial charge on any atom is 0.144 e. The van der Waals surface area contributed by atoms with Crippen LogP contribution in [0.15, 0.2) is 173 Å². The first-order chi connectivity index (χ1) is 26.3. The SMILES string of the molecule is C1=CC2=C(c3ccccc3)N=C(c3ccc(-c4cc5c(c6c4sc4ccccc46)OC4C=CC=CC54)c4oc5cc6ccccc6cc5c34)NC2C=C1. The van der Waals surface area contributed by atoms with Gasteiger partial charge in [0.2, 0.25) is 0 Å². The molecule has 2 aromatic heterocycles. The maximum absolute atomic E-state index is 7.07. The number of furan rings is 1. The molecule has 1 N–H and O–H groups in total. The third kappa shape index (κ3) is 4.26. The molecule has 3 unspecified atom stereocenters. The van der Waals surface area contributed by atoms with Gasteiger partial charge in [-0.2, -0.15) is 0 Å². The van der Waals surface area contributed by atoms with E-state index in [1.165, 1.54) is 36.7 Å². The molecule has 2 aliphatic carbocycles. The molecule has 4 heterocycles. The minimum Gasteiger partial charge on any atom is -0.484 e. The minimum absolute atomic E-state index is 0.00291. The summed E-state index contributed by atoms with van der Waals surface area (Å²) in [5, 5.41) is 10.7. The lowest BCUT2D eigenvalue weighted by atomic mass is 9.88. The van der Waals surface area contributed by atoms with Gasteiger partial charge >= 0.3 is 0 Å². The number of aliphatic imine (C=N–C) groups is 1. The zero-order valence-corrected chi connectivity index (χ0v) is 29.2. The molecule has 2 aliphatic heterocycles. The van der Waals surface area contributed by atoms with E-state index in [-0.39, 0.29) is 18.1 Å². The molecule has 8 aromatic rings. The van der Waals surface area contributed by atoms with Crippen LogP contribution in [0.25, 0.3) is 69.7 Å². The van der Waals surface area contributed by atoms with Gasteiger partial charge in [-0.15, -0.1) is 11.3 Å². The Morgan fingerprint density at radius 1 is 0.660 bits per heavy atom. The number of nitrogens with one attached hydrogen (secondary N) is 1. The lowest BCUT2D eigenvalue weighted by Crippen LogP contribution is -2.39. The van der Waals surface area contributed by atoms with Crippen molar-refractivity contribution in [1.82, 2.24) is 5.32 Å². The van der Waals surface area contributed by atoms with E-state index in [0.29, 0.717) is 0 Å². The second-order valence-electron chi connectivity index (χ2n) is 14.2. The number of rotatable bonds is 3. The van der Waals surface area contributed by atoms with Gasteiger partial charge in [0.25, 0.3) is 0 Å². The largest absolute Gasteiger partial charge is 0.484 e. The summed E-state index contributed by atoms with van der Waals surface area (Å²) in [6.07, 6.45) is 17.3. The third-order valence-corrected chi connectivity index (χ3v) is 12.4. The number of hydrogen-bond acceptors (Lipinski definition) is 5. The average molecular weight is 699 g/mol. The molecule has 3 atom stereocenters. The summed E-state index contributed by atoms with van der Waals surface area (Å²) in [5.41, 5.74) is 9.44. The van der Waals surface area contributed by atoms with Crippen LogP contribution < -0.4 is 10.1 Å². The fourth-order valence-electron chi connectivity index (χ4n) is 8.77. The Bertz CT molecular complexity index is 3080. The second-order valence-corrected chi connectivity index (χ2v) is 15.2. The first-order valence-corrected chi connectivity index (χ1v) is 19.0. The van der Waals surface area contributed by atoms with Crippen LogP contribution >= 0.6 is 11.3 Å². The summed E-state index contributed by atoms with van der Waals surface area (Å²) >= 11 is 1.83. The highest BCUT2D eigenvalue weighted by molar-refractivity contribution is 7.26. The summed E-state index contributed by atoms with van der Waals surface area (Å²) in [6.45, 7) is 0. The summed E-state index contributed by atoms with van der Waals surface area (Å²) in [6, 6.07) is 39.1. The van der Waals surface area contributed by atoms with E-state index in [1.54, 1.807) is 0 Å². The lowest BCUT2D eigenvalue weighted by Gasteiger charge is -2.28. The molecule has 0 radical (unpaired) electrons. The lowest BCUT2D eigenvalue weighted by molar-refractivity contribution is 0.271. The molecule has 0 spiro atoms. The molecule has 0 saturated carbocycles. The molecule has 0 amide bonds. The van der Waals surface area contributed by atoms with E-state index in [4.69, 9.17) is 14.1 Å². The predicted molar refractivity (Wildman–Crippen MR) is 220 cm³/mol. The van der Waals surface area contributed by atoms with Crippen molar-refractivity contribution in [1.29, 1.82) is 0 Å². The van der Waals surface area contributed by atoms with Crippen LogP contribution in [0, 0.1) is 0 Å². The normalized spacial score (nSPS) is 19.9. The van der Waals surface area contributed by atoms with Crippen molar-refractivity contribution in [3.05, 3.63) is 180 Å².